The number of aliphatic imine (C=N–C) groups is 1. The lowest BCUT2D eigenvalue weighted by molar-refractivity contribution is -0.114. The third-order valence-electron chi connectivity index (χ3n) is 3.27. The van der Waals surface area contributed by atoms with E-state index in [0.717, 1.165) is 40.9 Å². The van der Waals surface area contributed by atoms with Crippen molar-refractivity contribution < 1.29 is 4.79 Å². The summed E-state index contributed by atoms with van der Waals surface area (Å²) in [6, 6.07) is 7.74. The van der Waals surface area contributed by atoms with Gasteiger partial charge in [-0.1, -0.05) is 12.1 Å². The van der Waals surface area contributed by atoms with E-state index in [9.17, 15) is 4.79 Å². The number of anilines is 1. The van der Waals surface area contributed by atoms with Crippen molar-refractivity contribution in [1.82, 2.24) is 15.6 Å². The summed E-state index contributed by atoms with van der Waals surface area (Å²) < 4.78 is 0. The number of aromatic nitrogens is 1. The highest BCUT2D eigenvalue weighted by atomic mass is 32.1. The Balaban J connectivity index is 1.79. The summed E-state index contributed by atoms with van der Waals surface area (Å²) in [6.45, 7) is 4.91. The van der Waals surface area contributed by atoms with Crippen molar-refractivity contribution in [2.45, 2.75) is 26.8 Å². The summed E-state index contributed by atoms with van der Waals surface area (Å²) in [5.41, 5.74) is 2.96. The zero-order valence-electron chi connectivity index (χ0n) is 14.2. The van der Waals surface area contributed by atoms with Crippen molar-refractivity contribution in [3.63, 3.8) is 0 Å². The molecule has 1 heterocycles. The average Bonchev–Trinajstić information content (AvgIpc) is 2.96. The largest absolute Gasteiger partial charge is 0.356 e. The van der Waals surface area contributed by atoms with Crippen LogP contribution in [0.1, 0.15) is 23.2 Å². The van der Waals surface area contributed by atoms with Crippen molar-refractivity contribution >= 4 is 28.9 Å². The second-order valence-corrected chi connectivity index (χ2v) is 6.40. The fourth-order valence-corrected chi connectivity index (χ4v) is 2.85. The Hall–Kier alpha value is -2.41. The highest BCUT2D eigenvalue weighted by molar-refractivity contribution is 7.09. The van der Waals surface area contributed by atoms with Crippen LogP contribution in [0, 0.1) is 6.92 Å². The molecule has 0 bridgehead atoms. The first kappa shape index (κ1) is 17.9. The average molecular weight is 345 g/mol. The van der Waals surface area contributed by atoms with Crippen molar-refractivity contribution in [1.29, 1.82) is 0 Å². The fourth-order valence-electron chi connectivity index (χ4n) is 2.20. The lowest BCUT2D eigenvalue weighted by Gasteiger charge is -2.12. The Morgan fingerprint density at radius 3 is 2.83 bits per heavy atom. The Kier molecular flexibility index (Phi) is 6.74. The summed E-state index contributed by atoms with van der Waals surface area (Å²) in [5, 5.41) is 12.5. The number of aryl methyl sites for hydroxylation is 1. The van der Waals surface area contributed by atoms with Gasteiger partial charge in [-0.3, -0.25) is 9.79 Å². The molecule has 0 atom stereocenters. The number of carbonyl (C=O) groups is 1. The lowest BCUT2D eigenvalue weighted by atomic mass is 10.2. The predicted octanol–water partition coefficient (Wildman–Crippen LogP) is 2.32. The molecule has 1 amide bonds. The molecular weight excluding hydrogens is 322 g/mol. The number of benzene rings is 1. The second-order valence-electron chi connectivity index (χ2n) is 5.34. The Bertz CT molecular complexity index is 711. The molecule has 24 heavy (non-hydrogen) atoms. The molecular formula is C17H23N5OS. The molecule has 3 N–H and O–H groups in total. The van der Waals surface area contributed by atoms with Crippen LogP contribution in [0.5, 0.6) is 0 Å². The Labute approximate surface area is 146 Å². The minimum absolute atomic E-state index is 0.0742. The maximum atomic E-state index is 11.1. The number of hydrogen-bond acceptors (Lipinski definition) is 4. The van der Waals surface area contributed by atoms with E-state index in [-0.39, 0.29) is 5.91 Å². The van der Waals surface area contributed by atoms with Crippen LogP contribution < -0.4 is 16.0 Å². The van der Waals surface area contributed by atoms with E-state index in [1.54, 1.807) is 18.4 Å². The van der Waals surface area contributed by atoms with Gasteiger partial charge in [0.25, 0.3) is 0 Å². The number of nitrogens with one attached hydrogen (secondary N) is 3. The number of nitrogens with zero attached hydrogens (tertiary/aromatic N) is 2. The summed E-state index contributed by atoms with van der Waals surface area (Å²) in [4.78, 5) is 19.8. The zero-order chi connectivity index (χ0) is 17.4. The van der Waals surface area contributed by atoms with Gasteiger partial charge >= 0.3 is 0 Å². The molecule has 0 unspecified atom stereocenters. The number of guanidine groups is 1. The lowest BCUT2D eigenvalue weighted by Crippen LogP contribution is -2.37. The van der Waals surface area contributed by atoms with Gasteiger partial charge in [-0.15, -0.1) is 11.3 Å². The van der Waals surface area contributed by atoms with Gasteiger partial charge in [-0.05, 0) is 24.6 Å². The van der Waals surface area contributed by atoms with Gasteiger partial charge in [0.2, 0.25) is 5.91 Å². The number of thiazole rings is 1. The van der Waals surface area contributed by atoms with Gasteiger partial charge in [0.15, 0.2) is 5.96 Å². The molecule has 0 aliphatic heterocycles. The molecule has 0 radical (unpaired) electrons. The van der Waals surface area contributed by atoms with Crippen molar-refractivity contribution in [2.24, 2.45) is 4.99 Å². The van der Waals surface area contributed by atoms with Crippen LogP contribution in [0.4, 0.5) is 5.69 Å². The first-order chi connectivity index (χ1) is 11.6. The topological polar surface area (TPSA) is 78.4 Å². The summed E-state index contributed by atoms with van der Waals surface area (Å²) in [7, 11) is 1.75. The van der Waals surface area contributed by atoms with E-state index in [1.165, 1.54) is 6.92 Å². The maximum absolute atomic E-state index is 11.1. The zero-order valence-corrected chi connectivity index (χ0v) is 15.0. The number of hydrogen-bond donors (Lipinski definition) is 3. The minimum Gasteiger partial charge on any atom is -0.356 e. The van der Waals surface area contributed by atoms with E-state index in [4.69, 9.17) is 0 Å². The highest BCUT2D eigenvalue weighted by Crippen LogP contribution is 2.10. The van der Waals surface area contributed by atoms with E-state index in [0.29, 0.717) is 6.54 Å². The molecule has 2 rings (SSSR count). The fraction of sp³-hybridized carbons (Fsp3) is 0.353. The van der Waals surface area contributed by atoms with Crippen molar-refractivity contribution in [3.8, 4) is 0 Å². The van der Waals surface area contributed by atoms with Crippen LogP contribution in [-0.4, -0.2) is 30.4 Å². The minimum atomic E-state index is -0.0742. The molecule has 0 fully saturated rings. The monoisotopic (exact) mass is 345 g/mol. The first-order valence-electron chi connectivity index (χ1n) is 7.79. The second kappa shape index (κ2) is 9.02. The van der Waals surface area contributed by atoms with Gasteiger partial charge in [-0.25, -0.2) is 4.98 Å². The Morgan fingerprint density at radius 1 is 1.33 bits per heavy atom. The standard InChI is InChI=1S/C17H23N5OS/c1-12(23)21-15-6-4-5-14(9-15)10-20-17(18-3)19-8-7-16-11-24-13(2)22-16/h4-6,9,11H,7-8,10H2,1-3H3,(H,21,23)(H2,18,19,20). The molecule has 0 spiro atoms. The predicted molar refractivity (Wildman–Crippen MR) is 99.5 cm³/mol. The SMILES string of the molecule is CN=C(NCCc1csc(C)n1)NCc1cccc(NC(C)=O)c1. The molecule has 2 aromatic rings. The van der Waals surface area contributed by atoms with Crippen LogP contribution in [-0.2, 0) is 17.8 Å². The van der Waals surface area contributed by atoms with Crippen LogP contribution in [0.15, 0.2) is 34.6 Å². The van der Waals surface area contributed by atoms with Crippen LogP contribution >= 0.6 is 11.3 Å². The van der Waals surface area contributed by atoms with Crippen LogP contribution in [0.3, 0.4) is 0 Å². The van der Waals surface area contributed by atoms with Gasteiger partial charge in [0.05, 0.1) is 10.7 Å². The van der Waals surface area contributed by atoms with Crippen molar-refractivity contribution in [3.05, 3.63) is 45.9 Å². The molecule has 6 nitrogen and oxygen atoms in total. The van der Waals surface area contributed by atoms with Crippen LogP contribution in [0.2, 0.25) is 0 Å². The van der Waals surface area contributed by atoms with E-state index in [2.05, 4.69) is 31.3 Å². The maximum Gasteiger partial charge on any atom is 0.221 e. The van der Waals surface area contributed by atoms with Crippen molar-refractivity contribution in [2.75, 3.05) is 18.9 Å². The van der Waals surface area contributed by atoms with Gasteiger partial charge in [0.1, 0.15) is 0 Å². The van der Waals surface area contributed by atoms with Crippen LogP contribution in [0.25, 0.3) is 0 Å². The Morgan fingerprint density at radius 2 is 2.17 bits per heavy atom. The molecule has 0 saturated heterocycles. The normalized spacial score (nSPS) is 11.2. The molecule has 0 aliphatic carbocycles. The summed E-state index contributed by atoms with van der Waals surface area (Å²) in [6.07, 6.45) is 0.864. The number of carbonyl (C=O) groups excluding carboxylic acids is 1. The molecule has 1 aromatic heterocycles. The number of rotatable bonds is 6. The number of amides is 1. The summed E-state index contributed by atoms with van der Waals surface area (Å²) in [5.74, 6) is 0.668. The first-order valence-corrected chi connectivity index (χ1v) is 8.67. The summed E-state index contributed by atoms with van der Waals surface area (Å²) >= 11 is 1.67. The van der Waals surface area contributed by atoms with Gasteiger partial charge in [0, 0.05) is 44.5 Å². The smallest absolute Gasteiger partial charge is 0.221 e. The molecule has 7 heteroatoms. The van der Waals surface area contributed by atoms with E-state index < -0.39 is 0 Å². The van der Waals surface area contributed by atoms with Gasteiger partial charge < -0.3 is 16.0 Å². The molecule has 1 aromatic carbocycles. The third kappa shape index (κ3) is 6.00. The van der Waals surface area contributed by atoms with Gasteiger partial charge in [-0.2, -0.15) is 0 Å². The van der Waals surface area contributed by atoms with E-state index in [1.807, 2.05) is 31.2 Å². The third-order valence-corrected chi connectivity index (χ3v) is 4.09. The van der Waals surface area contributed by atoms with E-state index >= 15 is 0 Å². The quantitative estimate of drug-likeness (QED) is 0.555. The molecule has 128 valence electrons. The molecule has 0 saturated carbocycles. The highest BCUT2D eigenvalue weighted by Gasteiger charge is 2.02. The molecule has 0 aliphatic rings.